The first kappa shape index (κ1) is 19.3. The van der Waals surface area contributed by atoms with Gasteiger partial charge in [0, 0.05) is 12.6 Å². The van der Waals surface area contributed by atoms with E-state index >= 15 is 0 Å². The molecule has 0 aliphatic rings. The van der Waals surface area contributed by atoms with Gasteiger partial charge < -0.3 is 5.32 Å². The molecular formula is C18H26N4O2S. The van der Waals surface area contributed by atoms with Gasteiger partial charge in [0.15, 0.2) is 5.16 Å². The topological polar surface area (TPSA) is 79.8 Å². The molecule has 6 nitrogen and oxygen atoms in total. The lowest BCUT2D eigenvalue weighted by molar-refractivity contribution is -0.120. The predicted molar refractivity (Wildman–Crippen MR) is 101 cm³/mol. The van der Waals surface area contributed by atoms with Gasteiger partial charge in [0.2, 0.25) is 5.91 Å². The summed E-state index contributed by atoms with van der Waals surface area (Å²) < 4.78 is 1.58. The van der Waals surface area contributed by atoms with Crippen molar-refractivity contribution in [2.24, 2.45) is 0 Å². The molecule has 0 saturated heterocycles. The van der Waals surface area contributed by atoms with Crippen LogP contribution in [0.4, 0.5) is 0 Å². The number of benzene rings is 1. The molecule has 2 atom stereocenters. The van der Waals surface area contributed by atoms with Crippen molar-refractivity contribution in [3.63, 3.8) is 0 Å². The highest BCUT2D eigenvalue weighted by molar-refractivity contribution is 8.00. The Hall–Kier alpha value is -2.02. The lowest BCUT2D eigenvalue weighted by Crippen LogP contribution is -2.38. The van der Waals surface area contributed by atoms with E-state index in [2.05, 4.69) is 27.6 Å². The van der Waals surface area contributed by atoms with E-state index in [4.69, 9.17) is 0 Å². The zero-order valence-corrected chi connectivity index (χ0v) is 15.8. The summed E-state index contributed by atoms with van der Waals surface area (Å²) in [6.07, 6.45) is 2.65. The molecular weight excluding hydrogens is 336 g/mol. The molecule has 136 valence electrons. The first-order chi connectivity index (χ1) is 12.0. The van der Waals surface area contributed by atoms with Crippen molar-refractivity contribution in [1.29, 1.82) is 0 Å². The first-order valence-corrected chi connectivity index (χ1v) is 9.55. The fourth-order valence-corrected chi connectivity index (χ4v) is 3.38. The number of aryl methyl sites for hydroxylation is 1. The minimum atomic E-state index is -0.315. The maximum atomic E-state index is 12.4. The number of aromatic nitrogens is 3. The van der Waals surface area contributed by atoms with E-state index in [-0.39, 0.29) is 22.9 Å². The van der Waals surface area contributed by atoms with Crippen molar-refractivity contribution in [3.8, 4) is 0 Å². The standard InChI is InChI=1S/C18H26N4O2S/c1-4-12-22-17(24)20-21-18(22)25-14(3)16(23)19-13(2)10-11-15-8-6-5-7-9-15/h5-9,13-14H,4,10-12H2,1-3H3,(H,19,23)(H,20,24). The summed E-state index contributed by atoms with van der Waals surface area (Å²) in [4.78, 5) is 24.1. The molecule has 0 radical (unpaired) electrons. The maximum Gasteiger partial charge on any atom is 0.343 e. The van der Waals surface area contributed by atoms with Crippen molar-refractivity contribution in [3.05, 3.63) is 46.4 Å². The highest BCUT2D eigenvalue weighted by Gasteiger charge is 2.20. The molecule has 0 spiro atoms. The molecule has 2 unspecified atom stereocenters. The van der Waals surface area contributed by atoms with E-state index in [0.717, 1.165) is 19.3 Å². The largest absolute Gasteiger partial charge is 0.353 e. The Bertz CT molecular complexity index is 726. The second kappa shape index (κ2) is 9.46. The Morgan fingerprint density at radius 1 is 1.32 bits per heavy atom. The molecule has 2 N–H and O–H groups in total. The molecule has 0 bridgehead atoms. The zero-order valence-electron chi connectivity index (χ0n) is 15.0. The molecule has 2 rings (SSSR count). The number of carbonyl (C=O) groups is 1. The van der Waals surface area contributed by atoms with Gasteiger partial charge in [0.1, 0.15) is 0 Å². The highest BCUT2D eigenvalue weighted by Crippen LogP contribution is 2.20. The number of H-pyrrole nitrogens is 1. The van der Waals surface area contributed by atoms with E-state index in [9.17, 15) is 9.59 Å². The lowest BCUT2D eigenvalue weighted by atomic mass is 10.1. The zero-order chi connectivity index (χ0) is 18.2. The summed E-state index contributed by atoms with van der Waals surface area (Å²) in [6, 6.07) is 10.3. The van der Waals surface area contributed by atoms with E-state index in [1.54, 1.807) is 4.57 Å². The Kier molecular flexibility index (Phi) is 7.31. The Morgan fingerprint density at radius 3 is 2.72 bits per heavy atom. The number of aromatic amines is 1. The van der Waals surface area contributed by atoms with Crippen molar-refractivity contribution in [1.82, 2.24) is 20.1 Å². The van der Waals surface area contributed by atoms with Crippen LogP contribution in [0.3, 0.4) is 0 Å². The van der Waals surface area contributed by atoms with Crippen molar-refractivity contribution in [2.45, 2.75) is 63.0 Å². The third-order valence-electron chi connectivity index (χ3n) is 3.92. The molecule has 1 heterocycles. The van der Waals surface area contributed by atoms with Gasteiger partial charge >= 0.3 is 5.69 Å². The minimum Gasteiger partial charge on any atom is -0.353 e. The van der Waals surface area contributed by atoms with Gasteiger partial charge in [0.25, 0.3) is 0 Å². The minimum absolute atomic E-state index is 0.0379. The molecule has 2 aromatic rings. The number of hydrogen-bond acceptors (Lipinski definition) is 4. The molecule has 0 saturated carbocycles. The summed E-state index contributed by atoms with van der Waals surface area (Å²) in [6.45, 7) is 6.44. The summed E-state index contributed by atoms with van der Waals surface area (Å²) in [5.74, 6) is -0.0379. The van der Waals surface area contributed by atoms with Crippen LogP contribution < -0.4 is 11.0 Å². The van der Waals surface area contributed by atoms with Gasteiger partial charge in [-0.15, -0.1) is 5.10 Å². The second-order valence-electron chi connectivity index (χ2n) is 6.16. The molecule has 0 fully saturated rings. The third kappa shape index (κ3) is 5.77. The third-order valence-corrected chi connectivity index (χ3v) is 5.01. The van der Waals surface area contributed by atoms with Gasteiger partial charge in [-0.1, -0.05) is 49.0 Å². The van der Waals surface area contributed by atoms with Crippen LogP contribution >= 0.6 is 11.8 Å². The molecule has 25 heavy (non-hydrogen) atoms. The molecule has 1 aromatic carbocycles. The quantitative estimate of drug-likeness (QED) is 0.672. The molecule has 1 amide bonds. The molecule has 0 aliphatic carbocycles. The lowest BCUT2D eigenvalue weighted by Gasteiger charge is -2.17. The number of nitrogens with zero attached hydrogens (tertiary/aromatic N) is 2. The normalized spacial score (nSPS) is 13.4. The smallest absolute Gasteiger partial charge is 0.343 e. The SMILES string of the molecule is CCCn1c(SC(C)C(=O)NC(C)CCc2ccccc2)n[nH]c1=O. The van der Waals surface area contributed by atoms with Gasteiger partial charge in [-0.25, -0.2) is 9.89 Å². The van der Waals surface area contributed by atoms with Gasteiger partial charge in [-0.2, -0.15) is 0 Å². The van der Waals surface area contributed by atoms with E-state index in [1.807, 2.05) is 39.0 Å². The number of hydrogen-bond donors (Lipinski definition) is 2. The van der Waals surface area contributed by atoms with Crippen LogP contribution in [0, 0.1) is 0 Å². The van der Waals surface area contributed by atoms with Crippen LogP contribution in [-0.4, -0.2) is 32.0 Å². The second-order valence-corrected chi connectivity index (χ2v) is 7.46. The van der Waals surface area contributed by atoms with E-state index in [0.29, 0.717) is 11.7 Å². The van der Waals surface area contributed by atoms with E-state index in [1.165, 1.54) is 17.3 Å². The van der Waals surface area contributed by atoms with Crippen LogP contribution in [0.15, 0.2) is 40.3 Å². The first-order valence-electron chi connectivity index (χ1n) is 8.67. The van der Waals surface area contributed by atoms with Crippen LogP contribution in [0.1, 0.15) is 39.2 Å². The maximum absolute atomic E-state index is 12.4. The van der Waals surface area contributed by atoms with Gasteiger partial charge in [0.05, 0.1) is 5.25 Å². The van der Waals surface area contributed by atoms with Crippen LogP contribution in [0.25, 0.3) is 0 Å². The van der Waals surface area contributed by atoms with Crippen LogP contribution in [-0.2, 0) is 17.8 Å². The number of rotatable bonds is 9. The van der Waals surface area contributed by atoms with Gasteiger partial charge in [-0.05, 0) is 38.7 Å². The van der Waals surface area contributed by atoms with Crippen molar-refractivity contribution < 1.29 is 4.79 Å². The summed E-state index contributed by atoms with van der Waals surface area (Å²) >= 11 is 1.30. The number of amides is 1. The number of thioether (sulfide) groups is 1. The Morgan fingerprint density at radius 2 is 2.04 bits per heavy atom. The molecule has 7 heteroatoms. The summed E-state index contributed by atoms with van der Waals surface area (Å²) in [7, 11) is 0. The number of nitrogens with one attached hydrogen (secondary N) is 2. The monoisotopic (exact) mass is 362 g/mol. The Balaban J connectivity index is 1.84. The predicted octanol–water partition coefficient (Wildman–Crippen LogP) is 2.60. The average molecular weight is 362 g/mol. The van der Waals surface area contributed by atoms with Gasteiger partial charge in [-0.3, -0.25) is 9.36 Å². The number of carbonyl (C=O) groups excluding carboxylic acids is 1. The molecule has 1 aromatic heterocycles. The highest BCUT2D eigenvalue weighted by atomic mass is 32.2. The summed E-state index contributed by atoms with van der Waals surface area (Å²) in [5, 5.41) is 9.76. The fourth-order valence-electron chi connectivity index (χ4n) is 2.49. The van der Waals surface area contributed by atoms with Crippen LogP contribution in [0.2, 0.25) is 0 Å². The van der Waals surface area contributed by atoms with E-state index < -0.39 is 0 Å². The fraction of sp³-hybridized carbons (Fsp3) is 0.500. The Labute approximate surface area is 152 Å². The van der Waals surface area contributed by atoms with Crippen molar-refractivity contribution >= 4 is 17.7 Å². The average Bonchev–Trinajstić information content (AvgIpc) is 2.94. The summed E-state index contributed by atoms with van der Waals surface area (Å²) in [5.41, 5.74) is 1.04. The molecule has 0 aliphatic heterocycles. The van der Waals surface area contributed by atoms with Crippen molar-refractivity contribution in [2.75, 3.05) is 0 Å². The van der Waals surface area contributed by atoms with Crippen LogP contribution in [0.5, 0.6) is 0 Å².